The molecule has 30 heavy (non-hydrogen) atoms. The number of carbonyl (C=O) groups is 1. The Morgan fingerprint density at radius 1 is 1.10 bits per heavy atom. The van der Waals surface area contributed by atoms with Gasteiger partial charge in [0.05, 0.1) is 23.2 Å². The van der Waals surface area contributed by atoms with E-state index in [9.17, 15) is 23.4 Å². The summed E-state index contributed by atoms with van der Waals surface area (Å²) in [6.07, 6.45) is -0.553. The summed E-state index contributed by atoms with van der Waals surface area (Å²) in [5.74, 6) is 0. The number of hydrogen-bond donors (Lipinski definition) is 2. The van der Waals surface area contributed by atoms with E-state index in [1.54, 1.807) is 13.0 Å². The van der Waals surface area contributed by atoms with Crippen LogP contribution in [0.5, 0.6) is 0 Å². The van der Waals surface area contributed by atoms with Crippen molar-refractivity contribution in [3.05, 3.63) is 58.1 Å². The van der Waals surface area contributed by atoms with E-state index in [1.807, 2.05) is 6.92 Å². The molecule has 0 aliphatic heterocycles. The van der Waals surface area contributed by atoms with Crippen LogP contribution < -0.4 is 4.31 Å². The number of anilines is 1. The number of aliphatic hydroxyl groups is 1. The van der Waals surface area contributed by atoms with Gasteiger partial charge in [-0.25, -0.2) is 13.2 Å². The smallest absolute Gasteiger partial charge is 0.407 e. The van der Waals surface area contributed by atoms with Crippen LogP contribution in [0.15, 0.2) is 47.4 Å². The number of aliphatic hydroxyl groups excluding tert-OH is 1. The summed E-state index contributed by atoms with van der Waals surface area (Å²) in [6, 6.07) is 9.43. The molecule has 0 aromatic heterocycles. The lowest BCUT2D eigenvalue weighted by Gasteiger charge is -2.34. The van der Waals surface area contributed by atoms with Gasteiger partial charge in [-0.2, -0.15) is 0 Å². The lowest BCUT2D eigenvalue weighted by Crippen LogP contribution is -2.47. The molecule has 0 spiro atoms. The summed E-state index contributed by atoms with van der Waals surface area (Å²) >= 11 is 12.0. The molecule has 2 N–H and O–H groups in total. The molecule has 2 rings (SSSR count). The van der Waals surface area contributed by atoms with E-state index in [-0.39, 0.29) is 28.7 Å². The highest BCUT2D eigenvalue weighted by Crippen LogP contribution is 2.32. The molecule has 0 bridgehead atoms. The molecule has 0 aliphatic rings. The average molecular weight is 475 g/mol. The minimum atomic E-state index is -4.12. The second-order valence-corrected chi connectivity index (χ2v) is 9.45. The first-order chi connectivity index (χ1) is 14.1. The van der Waals surface area contributed by atoms with Crippen LogP contribution in [0.4, 0.5) is 10.5 Å². The maximum atomic E-state index is 13.6. The monoisotopic (exact) mass is 474 g/mol. The van der Waals surface area contributed by atoms with E-state index in [1.165, 1.54) is 36.4 Å². The number of carboxylic acid groups (broad SMARTS) is 1. The van der Waals surface area contributed by atoms with Crippen LogP contribution in [-0.2, 0) is 16.6 Å². The van der Waals surface area contributed by atoms with Crippen molar-refractivity contribution in [2.24, 2.45) is 0 Å². The molecule has 1 atom stereocenters. The Kier molecular flexibility index (Phi) is 8.37. The Morgan fingerprint density at radius 3 is 2.23 bits per heavy atom. The second-order valence-electron chi connectivity index (χ2n) is 6.76. The van der Waals surface area contributed by atoms with Gasteiger partial charge in [0.25, 0.3) is 10.0 Å². The zero-order chi connectivity index (χ0) is 22.5. The number of hydrogen-bond acceptors (Lipinski definition) is 4. The van der Waals surface area contributed by atoms with E-state index < -0.39 is 28.8 Å². The molecule has 2 aromatic rings. The van der Waals surface area contributed by atoms with Crippen molar-refractivity contribution in [2.45, 2.75) is 37.8 Å². The molecule has 1 amide bonds. The maximum Gasteiger partial charge on any atom is 0.407 e. The van der Waals surface area contributed by atoms with Gasteiger partial charge in [-0.1, -0.05) is 36.2 Å². The topological polar surface area (TPSA) is 98.2 Å². The van der Waals surface area contributed by atoms with Crippen LogP contribution in [0.2, 0.25) is 10.0 Å². The zero-order valence-corrected chi connectivity index (χ0v) is 19.0. The quantitative estimate of drug-likeness (QED) is 0.558. The zero-order valence-electron chi connectivity index (χ0n) is 16.6. The van der Waals surface area contributed by atoms with Crippen molar-refractivity contribution in [2.75, 3.05) is 17.4 Å². The summed E-state index contributed by atoms with van der Waals surface area (Å²) in [5, 5.41) is 19.9. The minimum absolute atomic E-state index is 0.0139. The van der Waals surface area contributed by atoms with Crippen LogP contribution in [0.25, 0.3) is 0 Å². The van der Waals surface area contributed by atoms with Crippen molar-refractivity contribution in [3.63, 3.8) is 0 Å². The van der Waals surface area contributed by atoms with Crippen LogP contribution in [0, 0.1) is 0 Å². The van der Waals surface area contributed by atoms with E-state index >= 15 is 0 Å². The first-order valence-electron chi connectivity index (χ1n) is 9.29. The molecule has 0 unspecified atom stereocenters. The normalized spacial score (nSPS) is 12.4. The SMILES string of the molecule is CCCN(C[C@@H](C)N(c1cc(Cl)ccc1CO)S(=O)(=O)c1ccc(Cl)cc1)C(=O)O. The van der Waals surface area contributed by atoms with Crippen molar-refractivity contribution in [1.29, 1.82) is 0 Å². The Hall–Kier alpha value is -2.00. The highest BCUT2D eigenvalue weighted by molar-refractivity contribution is 7.92. The third-order valence-electron chi connectivity index (χ3n) is 4.47. The fraction of sp³-hybridized carbons (Fsp3) is 0.350. The molecule has 7 nitrogen and oxygen atoms in total. The summed E-state index contributed by atoms with van der Waals surface area (Å²) in [4.78, 5) is 12.8. The number of amides is 1. The average Bonchev–Trinajstić information content (AvgIpc) is 2.68. The first-order valence-corrected chi connectivity index (χ1v) is 11.5. The highest BCUT2D eigenvalue weighted by Gasteiger charge is 2.33. The number of sulfonamides is 1. The third kappa shape index (κ3) is 5.57. The van der Waals surface area contributed by atoms with Gasteiger partial charge in [0.15, 0.2) is 0 Å². The minimum Gasteiger partial charge on any atom is -0.465 e. The summed E-state index contributed by atoms with van der Waals surface area (Å²) in [5.41, 5.74) is 0.537. The standard InChI is InChI=1S/C20H24Cl2N2O5S/c1-3-10-23(20(26)27)12-14(2)24(19-11-17(22)5-4-15(19)13-25)30(28,29)18-8-6-16(21)7-9-18/h4-9,11,14,25H,3,10,12-13H2,1-2H3,(H,26,27)/t14-/m1/s1. The van der Waals surface area contributed by atoms with Gasteiger partial charge in [-0.3, -0.25) is 4.31 Å². The fourth-order valence-corrected chi connectivity index (χ4v) is 5.10. The van der Waals surface area contributed by atoms with Gasteiger partial charge < -0.3 is 15.1 Å². The van der Waals surface area contributed by atoms with Gasteiger partial charge in [-0.05, 0) is 49.7 Å². The van der Waals surface area contributed by atoms with Crippen molar-refractivity contribution < 1.29 is 23.4 Å². The number of halogens is 2. The predicted octanol–water partition coefficient (Wildman–Crippen LogP) is 4.46. The molecule has 2 aromatic carbocycles. The highest BCUT2D eigenvalue weighted by atomic mass is 35.5. The Bertz CT molecular complexity index is 983. The molecule has 0 saturated heterocycles. The van der Waals surface area contributed by atoms with E-state index in [0.29, 0.717) is 17.0 Å². The lowest BCUT2D eigenvalue weighted by molar-refractivity contribution is 0.143. The van der Waals surface area contributed by atoms with E-state index in [2.05, 4.69) is 0 Å². The number of rotatable bonds is 9. The van der Waals surface area contributed by atoms with E-state index in [4.69, 9.17) is 23.2 Å². The first kappa shape index (κ1) is 24.3. The van der Waals surface area contributed by atoms with E-state index in [0.717, 1.165) is 9.21 Å². The Balaban J connectivity index is 2.62. The van der Waals surface area contributed by atoms with Gasteiger partial charge in [0, 0.05) is 28.7 Å². The van der Waals surface area contributed by atoms with Crippen LogP contribution in [0.3, 0.4) is 0 Å². The molecular weight excluding hydrogens is 451 g/mol. The second kappa shape index (κ2) is 10.3. The molecular formula is C20H24Cl2N2O5S. The van der Waals surface area contributed by atoms with Crippen molar-refractivity contribution in [3.8, 4) is 0 Å². The molecule has 0 fully saturated rings. The van der Waals surface area contributed by atoms with Crippen molar-refractivity contribution >= 4 is 45.0 Å². The predicted molar refractivity (Wildman–Crippen MR) is 118 cm³/mol. The number of benzene rings is 2. The molecule has 0 saturated carbocycles. The van der Waals surface area contributed by atoms with Crippen LogP contribution in [-0.4, -0.2) is 48.8 Å². The summed E-state index contributed by atoms with van der Waals surface area (Å²) in [7, 11) is -4.12. The van der Waals surface area contributed by atoms with Crippen LogP contribution >= 0.6 is 23.2 Å². The molecule has 0 aliphatic carbocycles. The van der Waals surface area contributed by atoms with Gasteiger partial charge in [-0.15, -0.1) is 0 Å². The largest absolute Gasteiger partial charge is 0.465 e. The van der Waals surface area contributed by atoms with Crippen molar-refractivity contribution in [1.82, 2.24) is 4.90 Å². The number of nitrogens with zero attached hydrogens (tertiary/aromatic N) is 2. The molecule has 164 valence electrons. The van der Waals surface area contributed by atoms with Gasteiger partial charge in [0.1, 0.15) is 0 Å². The fourth-order valence-electron chi connectivity index (χ4n) is 3.13. The maximum absolute atomic E-state index is 13.6. The summed E-state index contributed by atoms with van der Waals surface area (Å²) < 4.78 is 28.2. The molecule has 0 heterocycles. The molecule has 0 radical (unpaired) electrons. The molecule has 10 heteroatoms. The lowest BCUT2D eigenvalue weighted by atomic mass is 10.1. The van der Waals surface area contributed by atoms with Gasteiger partial charge in [0.2, 0.25) is 0 Å². The Morgan fingerprint density at radius 2 is 1.70 bits per heavy atom. The Labute approximate surface area is 186 Å². The van der Waals surface area contributed by atoms with Gasteiger partial charge >= 0.3 is 6.09 Å². The summed E-state index contributed by atoms with van der Waals surface area (Å²) in [6.45, 7) is 3.23. The third-order valence-corrected chi connectivity index (χ3v) is 6.90. The van der Waals surface area contributed by atoms with Crippen LogP contribution in [0.1, 0.15) is 25.8 Å².